The van der Waals surface area contributed by atoms with Crippen molar-refractivity contribution >= 4 is 36.0 Å². The Morgan fingerprint density at radius 3 is 2.58 bits per heavy atom. The summed E-state index contributed by atoms with van der Waals surface area (Å²) in [6.07, 6.45) is 2.72. The molecule has 2 aliphatic rings. The van der Waals surface area contributed by atoms with E-state index in [1.165, 1.54) is 11.1 Å². The van der Waals surface area contributed by atoms with Crippen LogP contribution in [0.2, 0.25) is 0 Å². The maximum absolute atomic E-state index is 11.9. The molecule has 1 amide bonds. The van der Waals surface area contributed by atoms with E-state index in [2.05, 4.69) is 53.6 Å². The van der Waals surface area contributed by atoms with E-state index in [0.29, 0.717) is 18.7 Å². The van der Waals surface area contributed by atoms with E-state index in [1.54, 1.807) is 4.90 Å². The molecule has 0 spiro atoms. The molecule has 0 radical (unpaired) electrons. The zero-order valence-electron chi connectivity index (χ0n) is 19.1. The van der Waals surface area contributed by atoms with Crippen LogP contribution in [0.15, 0.2) is 29.3 Å². The monoisotopic (exact) mass is 543 g/mol. The second-order valence-electron chi connectivity index (χ2n) is 8.16. The van der Waals surface area contributed by atoms with Gasteiger partial charge in [0.15, 0.2) is 5.96 Å². The maximum atomic E-state index is 11.9. The summed E-state index contributed by atoms with van der Waals surface area (Å²) in [5.41, 5.74) is 2.92. The molecule has 1 fully saturated rings. The van der Waals surface area contributed by atoms with Crippen molar-refractivity contribution in [3.63, 3.8) is 0 Å². The van der Waals surface area contributed by atoms with Crippen molar-refractivity contribution in [2.24, 2.45) is 4.99 Å². The number of halogens is 1. The number of nitrogens with one attached hydrogen (secondary N) is 2. The van der Waals surface area contributed by atoms with Gasteiger partial charge in [-0.25, -0.2) is 4.79 Å². The molecule has 0 bridgehead atoms. The van der Waals surface area contributed by atoms with Crippen LogP contribution in [0, 0.1) is 0 Å². The van der Waals surface area contributed by atoms with Gasteiger partial charge in [-0.2, -0.15) is 0 Å². The van der Waals surface area contributed by atoms with Crippen molar-refractivity contribution in [1.82, 2.24) is 20.4 Å². The third-order valence-corrected chi connectivity index (χ3v) is 6.00. The summed E-state index contributed by atoms with van der Waals surface area (Å²) in [6, 6.07) is 9.46. The largest absolute Gasteiger partial charge is 0.450 e. The van der Waals surface area contributed by atoms with E-state index in [1.807, 2.05) is 6.92 Å². The Hall–Kier alpha value is -1.55. The standard InChI is InChI=1S/C23H37N5O2.HI/c1-4-24-22(26-21-11-14-27(15-12-21)23(29)30-5-2)25-16-18(3)28-13-10-19-8-6-7-9-20(19)17-28;/h6-9,18,21H,4-5,10-17H2,1-3H3,(H2,24,25,26);1H. The molecule has 1 unspecified atom stereocenters. The number of ether oxygens (including phenoxy) is 1. The number of rotatable bonds is 6. The lowest BCUT2D eigenvalue weighted by Crippen LogP contribution is -2.50. The molecular weight excluding hydrogens is 505 g/mol. The SMILES string of the molecule is CCNC(=NCC(C)N1CCc2ccccc2C1)NC1CCN(C(=O)OCC)CC1.I. The molecule has 7 nitrogen and oxygen atoms in total. The lowest BCUT2D eigenvalue weighted by Gasteiger charge is -2.34. The molecule has 2 aliphatic heterocycles. The van der Waals surface area contributed by atoms with Crippen molar-refractivity contribution in [3.8, 4) is 0 Å². The van der Waals surface area contributed by atoms with Crippen molar-refractivity contribution < 1.29 is 9.53 Å². The molecule has 1 aromatic carbocycles. The predicted molar refractivity (Wildman–Crippen MR) is 136 cm³/mol. The molecule has 8 heteroatoms. The van der Waals surface area contributed by atoms with Gasteiger partial charge in [-0.3, -0.25) is 9.89 Å². The Bertz CT molecular complexity index is 722. The van der Waals surface area contributed by atoms with Crippen LogP contribution in [-0.2, 0) is 17.7 Å². The van der Waals surface area contributed by atoms with Crippen LogP contribution in [-0.4, -0.2) is 73.3 Å². The van der Waals surface area contributed by atoms with Gasteiger partial charge in [-0.15, -0.1) is 24.0 Å². The Morgan fingerprint density at radius 2 is 1.90 bits per heavy atom. The number of fused-ring (bicyclic) bond motifs is 1. The Balaban J connectivity index is 0.00000341. The summed E-state index contributed by atoms with van der Waals surface area (Å²) in [6.45, 7) is 11.7. The van der Waals surface area contributed by atoms with Gasteiger partial charge in [0.2, 0.25) is 0 Å². The number of benzene rings is 1. The normalized spacial score (nSPS) is 18.5. The van der Waals surface area contributed by atoms with E-state index >= 15 is 0 Å². The number of aliphatic imine (C=N–C) groups is 1. The highest BCUT2D eigenvalue weighted by Gasteiger charge is 2.24. The smallest absolute Gasteiger partial charge is 0.409 e. The number of hydrogen-bond acceptors (Lipinski definition) is 4. The maximum Gasteiger partial charge on any atom is 0.409 e. The third-order valence-electron chi connectivity index (χ3n) is 6.00. The number of carbonyl (C=O) groups is 1. The first-order valence-corrected chi connectivity index (χ1v) is 11.4. The number of nitrogens with zero attached hydrogens (tertiary/aromatic N) is 3. The van der Waals surface area contributed by atoms with Crippen LogP contribution in [0.4, 0.5) is 4.79 Å². The van der Waals surface area contributed by atoms with Crippen LogP contribution in [0.1, 0.15) is 44.7 Å². The fraction of sp³-hybridized carbons (Fsp3) is 0.652. The second kappa shape index (κ2) is 13.1. The van der Waals surface area contributed by atoms with E-state index in [4.69, 9.17) is 9.73 Å². The van der Waals surface area contributed by atoms with Gasteiger partial charge < -0.3 is 20.3 Å². The highest BCUT2D eigenvalue weighted by molar-refractivity contribution is 14.0. The van der Waals surface area contributed by atoms with Crippen molar-refractivity contribution in [1.29, 1.82) is 0 Å². The number of guanidine groups is 1. The van der Waals surface area contributed by atoms with E-state index in [9.17, 15) is 4.79 Å². The zero-order valence-corrected chi connectivity index (χ0v) is 21.4. The van der Waals surface area contributed by atoms with E-state index < -0.39 is 0 Å². The summed E-state index contributed by atoms with van der Waals surface area (Å²) in [4.78, 5) is 21.1. The average molecular weight is 543 g/mol. The van der Waals surface area contributed by atoms with Gasteiger partial charge in [-0.1, -0.05) is 24.3 Å². The number of amides is 1. The number of piperidine rings is 1. The van der Waals surface area contributed by atoms with Crippen LogP contribution >= 0.6 is 24.0 Å². The molecule has 1 aromatic rings. The minimum Gasteiger partial charge on any atom is -0.450 e. The Kier molecular flexibility index (Phi) is 10.9. The van der Waals surface area contributed by atoms with Gasteiger partial charge in [0, 0.05) is 44.8 Å². The highest BCUT2D eigenvalue weighted by Crippen LogP contribution is 2.20. The Labute approximate surface area is 204 Å². The van der Waals surface area contributed by atoms with Crippen LogP contribution < -0.4 is 10.6 Å². The summed E-state index contributed by atoms with van der Waals surface area (Å²) in [5.74, 6) is 0.872. The molecule has 2 heterocycles. The molecule has 1 atom stereocenters. The summed E-state index contributed by atoms with van der Waals surface area (Å²) in [5, 5.41) is 6.94. The second-order valence-corrected chi connectivity index (χ2v) is 8.16. The van der Waals surface area contributed by atoms with E-state index in [0.717, 1.165) is 64.5 Å². The van der Waals surface area contributed by atoms with E-state index in [-0.39, 0.29) is 30.1 Å². The quantitative estimate of drug-likeness (QED) is 0.328. The van der Waals surface area contributed by atoms with Crippen molar-refractivity contribution in [2.75, 3.05) is 39.3 Å². The minimum absolute atomic E-state index is 0. The summed E-state index contributed by atoms with van der Waals surface area (Å²) < 4.78 is 5.11. The van der Waals surface area contributed by atoms with Gasteiger partial charge in [-0.05, 0) is 51.2 Å². The first-order valence-electron chi connectivity index (χ1n) is 11.4. The predicted octanol–water partition coefficient (Wildman–Crippen LogP) is 3.23. The fourth-order valence-electron chi connectivity index (χ4n) is 4.17. The molecular formula is C23H38IN5O2. The molecule has 1 saturated heterocycles. The van der Waals surface area contributed by atoms with Crippen LogP contribution in [0.5, 0.6) is 0 Å². The third kappa shape index (κ3) is 7.52. The first kappa shape index (κ1) is 25.7. The number of likely N-dealkylation sites (tertiary alicyclic amines) is 1. The minimum atomic E-state index is -0.201. The zero-order chi connectivity index (χ0) is 21.3. The van der Waals surface area contributed by atoms with Crippen molar-refractivity contribution in [2.45, 2.75) is 58.7 Å². The molecule has 3 rings (SSSR count). The molecule has 0 aromatic heterocycles. The van der Waals surface area contributed by atoms with Crippen LogP contribution in [0.25, 0.3) is 0 Å². The summed E-state index contributed by atoms with van der Waals surface area (Å²) in [7, 11) is 0. The number of carbonyl (C=O) groups excluding carboxylic acids is 1. The van der Waals surface area contributed by atoms with Gasteiger partial charge >= 0.3 is 6.09 Å². The van der Waals surface area contributed by atoms with Crippen LogP contribution in [0.3, 0.4) is 0 Å². The topological polar surface area (TPSA) is 69.2 Å². The lowest BCUT2D eigenvalue weighted by atomic mass is 9.99. The molecule has 0 aliphatic carbocycles. The van der Waals surface area contributed by atoms with Gasteiger partial charge in [0.05, 0.1) is 13.2 Å². The van der Waals surface area contributed by atoms with Crippen molar-refractivity contribution in [3.05, 3.63) is 35.4 Å². The molecule has 174 valence electrons. The molecule has 0 saturated carbocycles. The highest BCUT2D eigenvalue weighted by atomic mass is 127. The average Bonchev–Trinajstić information content (AvgIpc) is 2.77. The lowest BCUT2D eigenvalue weighted by molar-refractivity contribution is 0.0963. The fourth-order valence-corrected chi connectivity index (χ4v) is 4.17. The molecule has 31 heavy (non-hydrogen) atoms. The van der Waals surface area contributed by atoms with Gasteiger partial charge in [0.25, 0.3) is 0 Å². The summed E-state index contributed by atoms with van der Waals surface area (Å²) >= 11 is 0. The van der Waals surface area contributed by atoms with Gasteiger partial charge in [0.1, 0.15) is 0 Å². The molecule has 2 N–H and O–H groups in total. The first-order chi connectivity index (χ1) is 14.6. The number of hydrogen-bond donors (Lipinski definition) is 2. The Morgan fingerprint density at radius 1 is 1.19 bits per heavy atom.